The number of likely N-dealkylation sites (tertiary alicyclic amines) is 1. The normalized spacial score (nSPS) is 40.6. The van der Waals surface area contributed by atoms with Crippen LogP contribution in [0.2, 0.25) is 0 Å². The van der Waals surface area contributed by atoms with Gasteiger partial charge in [0.05, 0.1) is 0 Å². The Morgan fingerprint density at radius 1 is 1.10 bits per heavy atom. The van der Waals surface area contributed by atoms with Gasteiger partial charge in [-0.05, 0) is 50.4 Å². The zero-order valence-corrected chi connectivity index (χ0v) is 11.6. The van der Waals surface area contributed by atoms with E-state index in [1.54, 1.807) is 4.90 Å². The molecule has 1 heterocycles. The van der Waals surface area contributed by atoms with Crippen LogP contribution in [0.1, 0.15) is 44.9 Å². The van der Waals surface area contributed by atoms with Gasteiger partial charge in [-0.2, -0.15) is 0 Å². The van der Waals surface area contributed by atoms with Crippen molar-refractivity contribution in [3.8, 4) is 0 Å². The molecule has 3 aliphatic rings. The van der Waals surface area contributed by atoms with Crippen molar-refractivity contribution in [2.24, 2.45) is 17.8 Å². The van der Waals surface area contributed by atoms with Crippen LogP contribution in [0.3, 0.4) is 0 Å². The Bertz CT molecular complexity index is 414. The van der Waals surface area contributed by atoms with Gasteiger partial charge in [0, 0.05) is 12.5 Å². The summed E-state index contributed by atoms with van der Waals surface area (Å²) in [6.07, 6.45) is 4.35. The van der Waals surface area contributed by atoms with Gasteiger partial charge in [-0.3, -0.25) is 4.79 Å². The number of carboxylic acid groups (broad SMARTS) is 1. The Balaban J connectivity index is 1.74. The van der Waals surface area contributed by atoms with E-state index in [0.29, 0.717) is 25.3 Å². The Morgan fingerprint density at radius 3 is 2.55 bits per heavy atom. The van der Waals surface area contributed by atoms with Crippen LogP contribution in [0.25, 0.3) is 0 Å². The smallest absolute Gasteiger partial charge is 0.326 e. The van der Waals surface area contributed by atoms with Gasteiger partial charge in [0.25, 0.3) is 0 Å². The van der Waals surface area contributed by atoms with E-state index in [1.165, 1.54) is 0 Å². The number of amides is 1. The average molecular weight is 283 g/mol. The zero-order valence-electron chi connectivity index (χ0n) is 11.6. The number of hydrogen-bond donors (Lipinski definition) is 1. The molecule has 20 heavy (non-hydrogen) atoms. The van der Waals surface area contributed by atoms with Crippen molar-refractivity contribution in [3.05, 3.63) is 0 Å². The summed E-state index contributed by atoms with van der Waals surface area (Å²) >= 11 is 0. The lowest BCUT2D eigenvalue weighted by Crippen LogP contribution is -2.46. The lowest BCUT2D eigenvalue weighted by Gasteiger charge is -2.31. The largest absolute Gasteiger partial charge is 0.480 e. The molecule has 4 nitrogen and oxygen atoms in total. The van der Waals surface area contributed by atoms with Crippen molar-refractivity contribution in [1.29, 1.82) is 0 Å². The molecular weight excluding hydrogens is 261 g/mol. The lowest BCUT2D eigenvalue weighted by atomic mass is 9.86. The van der Waals surface area contributed by atoms with Crippen LogP contribution in [-0.4, -0.2) is 40.6 Å². The minimum Gasteiger partial charge on any atom is -0.480 e. The van der Waals surface area contributed by atoms with Gasteiger partial charge in [-0.25, -0.2) is 9.18 Å². The molecule has 2 saturated carbocycles. The number of fused-ring (bicyclic) bond motifs is 1. The van der Waals surface area contributed by atoms with Crippen LogP contribution in [0.15, 0.2) is 0 Å². The number of carbonyl (C=O) groups is 2. The third-order valence-corrected chi connectivity index (χ3v) is 5.39. The Hall–Kier alpha value is -1.13. The van der Waals surface area contributed by atoms with Gasteiger partial charge in [-0.15, -0.1) is 0 Å². The third kappa shape index (κ3) is 2.31. The Kier molecular flexibility index (Phi) is 3.69. The highest BCUT2D eigenvalue weighted by atomic mass is 19.1. The van der Waals surface area contributed by atoms with E-state index in [-0.39, 0.29) is 24.2 Å². The second-order valence-electron chi connectivity index (χ2n) is 6.59. The van der Waals surface area contributed by atoms with Crippen molar-refractivity contribution in [2.75, 3.05) is 6.54 Å². The number of carboxylic acids is 1. The van der Waals surface area contributed by atoms with Gasteiger partial charge >= 0.3 is 5.97 Å². The molecule has 2 aliphatic carbocycles. The standard InChI is InChI=1S/C15H22FNO3/c16-11-5-1-3-9(7-11)14(18)17-8-10-4-2-6-12(10)13(17)15(19)20/h9-13H,1-8H2,(H,19,20). The number of carbonyl (C=O) groups excluding carboxylic acids is 1. The van der Waals surface area contributed by atoms with Crippen LogP contribution < -0.4 is 0 Å². The first-order valence-electron chi connectivity index (χ1n) is 7.75. The molecular formula is C15H22FNO3. The van der Waals surface area contributed by atoms with E-state index in [1.807, 2.05) is 0 Å². The van der Waals surface area contributed by atoms with Crippen molar-refractivity contribution in [3.63, 3.8) is 0 Å². The van der Waals surface area contributed by atoms with Crippen LogP contribution in [-0.2, 0) is 9.59 Å². The molecule has 1 amide bonds. The Morgan fingerprint density at radius 2 is 1.85 bits per heavy atom. The number of rotatable bonds is 2. The third-order valence-electron chi connectivity index (χ3n) is 5.39. The molecule has 0 spiro atoms. The first-order chi connectivity index (χ1) is 9.58. The van der Waals surface area contributed by atoms with Gasteiger partial charge in [-0.1, -0.05) is 6.42 Å². The second-order valence-corrected chi connectivity index (χ2v) is 6.59. The van der Waals surface area contributed by atoms with E-state index in [2.05, 4.69) is 0 Å². The predicted octanol–water partition coefficient (Wildman–Crippen LogP) is 2.23. The highest BCUT2D eigenvalue weighted by molar-refractivity contribution is 5.86. The average Bonchev–Trinajstić information content (AvgIpc) is 2.96. The van der Waals surface area contributed by atoms with E-state index in [0.717, 1.165) is 25.7 Å². The molecule has 0 aromatic heterocycles. The van der Waals surface area contributed by atoms with Crippen LogP contribution >= 0.6 is 0 Å². The monoisotopic (exact) mass is 283 g/mol. The molecule has 1 N–H and O–H groups in total. The zero-order chi connectivity index (χ0) is 14.3. The van der Waals surface area contributed by atoms with Gasteiger partial charge in [0.15, 0.2) is 0 Å². The second kappa shape index (κ2) is 5.34. The molecule has 0 aromatic rings. The number of alkyl halides is 1. The predicted molar refractivity (Wildman–Crippen MR) is 70.8 cm³/mol. The quantitative estimate of drug-likeness (QED) is 0.845. The fraction of sp³-hybridized carbons (Fsp3) is 0.867. The minimum absolute atomic E-state index is 0.112. The van der Waals surface area contributed by atoms with Gasteiger partial charge in [0.2, 0.25) is 5.91 Å². The summed E-state index contributed by atoms with van der Waals surface area (Å²) < 4.78 is 13.5. The number of nitrogens with zero attached hydrogens (tertiary/aromatic N) is 1. The molecule has 5 atom stereocenters. The molecule has 1 aliphatic heterocycles. The highest BCUT2D eigenvalue weighted by Gasteiger charge is 2.50. The van der Waals surface area contributed by atoms with E-state index in [4.69, 9.17) is 0 Å². The van der Waals surface area contributed by atoms with Crippen LogP contribution in [0.4, 0.5) is 4.39 Å². The maximum absolute atomic E-state index is 13.5. The maximum atomic E-state index is 13.5. The molecule has 3 rings (SSSR count). The summed E-state index contributed by atoms with van der Waals surface area (Å²) in [7, 11) is 0. The molecule has 0 aromatic carbocycles. The van der Waals surface area contributed by atoms with Crippen molar-refractivity contribution in [1.82, 2.24) is 4.90 Å². The molecule has 3 fully saturated rings. The minimum atomic E-state index is -0.900. The fourth-order valence-electron chi connectivity index (χ4n) is 4.44. The lowest BCUT2D eigenvalue weighted by molar-refractivity contribution is -0.152. The SMILES string of the molecule is O=C(O)C1C2CCCC2CN1C(=O)C1CCCC(F)C1. The molecule has 0 bridgehead atoms. The van der Waals surface area contributed by atoms with E-state index < -0.39 is 18.2 Å². The fourth-order valence-corrected chi connectivity index (χ4v) is 4.44. The first-order valence-corrected chi connectivity index (χ1v) is 7.75. The topological polar surface area (TPSA) is 57.6 Å². The molecule has 5 heteroatoms. The van der Waals surface area contributed by atoms with Crippen molar-refractivity contribution < 1.29 is 19.1 Å². The van der Waals surface area contributed by atoms with Crippen LogP contribution in [0.5, 0.6) is 0 Å². The van der Waals surface area contributed by atoms with Crippen LogP contribution in [0, 0.1) is 17.8 Å². The molecule has 1 saturated heterocycles. The number of hydrogen-bond acceptors (Lipinski definition) is 2. The summed E-state index contributed by atoms with van der Waals surface area (Å²) in [5.74, 6) is -0.861. The highest BCUT2D eigenvalue weighted by Crippen LogP contribution is 2.43. The Labute approximate surface area is 118 Å². The summed E-state index contributed by atoms with van der Waals surface area (Å²) in [6.45, 7) is 0.563. The summed E-state index contributed by atoms with van der Waals surface area (Å²) in [6, 6.07) is -0.671. The van der Waals surface area contributed by atoms with E-state index in [9.17, 15) is 19.1 Å². The van der Waals surface area contributed by atoms with E-state index >= 15 is 0 Å². The summed E-state index contributed by atoms with van der Waals surface area (Å²) in [5, 5.41) is 9.46. The van der Waals surface area contributed by atoms with Crippen molar-refractivity contribution in [2.45, 2.75) is 57.2 Å². The summed E-state index contributed by atoms with van der Waals surface area (Å²) in [4.78, 5) is 25.7. The molecule has 5 unspecified atom stereocenters. The van der Waals surface area contributed by atoms with Crippen molar-refractivity contribution >= 4 is 11.9 Å². The maximum Gasteiger partial charge on any atom is 0.326 e. The number of halogens is 1. The summed E-state index contributed by atoms with van der Waals surface area (Å²) in [5.41, 5.74) is 0. The van der Waals surface area contributed by atoms with Gasteiger partial charge < -0.3 is 10.0 Å². The van der Waals surface area contributed by atoms with Gasteiger partial charge in [0.1, 0.15) is 12.2 Å². The number of aliphatic carboxylic acids is 1. The first kappa shape index (κ1) is 13.8. The molecule has 0 radical (unpaired) electrons. The molecule has 112 valence electrons.